The smallest absolute Gasteiger partial charge is 0.325 e. The monoisotopic (exact) mass is 473 g/mol. The van der Waals surface area contributed by atoms with Crippen molar-refractivity contribution in [2.24, 2.45) is 17.8 Å². The Hall–Kier alpha value is -1.55. The van der Waals surface area contributed by atoms with E-state index in [-0.39, 0.29) is 18.1 Å². The molecule has 0 radical (unpaired) electrons. The fraction of sp³-hybridized carbons (Fsp3) is 0.767. The largest absolute Gasteiger partial charge is 0.487 e. The van der Waals surface area contributed by atoms with E-state index in [0.717, 1.165) is 53.9 Å². The van der Waals surface area contributed by atoms with Crippen LogP contribution in [-0.4, -0.2) is 25.2 Å². The van der Waals surface area contributed by atoms with Gasteiger partial charge in [-0.05, 0) is 87.6 Å². The van der Waals surface area contributed by atoms with Crippen molar-refractivity contribution in [3.63, 3.8) is 0 Å². The van der Waals surface area contributed by atoms with Gasteiger partial charge in [0.25, 0.3) is 0 Å². The van der Waals surface area contributed by atoms with Crippen molar-refractivity contribution in [1.82, 2.24) is 5.32 Å². The molecule has 0 aliphatic carbocycles. The average molecular weight is 474 g/mol. The van der Waals surface area contributed by atoms with Crippen LogP contribution in [0.2, 0.25) is 0 Å². The molecule has 0 spiro atoms. The highest BCUT2D eigenvalue weighted by Gasteiger charge is 2.32. The van der Waals surface area contributed by atoms with E-state index >= 15 is 0 Å². The normalized spacial score (nSPS) is 19.4. The van der Waals surface area contributed by atoms with Gasteiger partial charge in [0.1, 0.15) is 17.1 Å². The summed E-state index contributed by atoms with van der Waals surface area (Å²) >= 11 is 0. The molecule has 1 aromatic carbocycles. The molecular formula is C30H51NO3. The number of rotatable bonds is 15. The van der Waals surface area contributed by atoms with Gasteiger partial charge < -0.3 is 14.8 Å². The van der Waals surface area contributed by atoms with Gasteiger partial charge >= 0.3 is 5.97 Å². The molecule has 3 unspecified atom stereocenters. The number of fused-ring (bicyclic) bond motifs is 1. The molecule has 0 saturated heterocycles. The number of carbonyl (C=O) groups is 1. The molecule has 4 nitrogen and oxygen atoms in total. The van der Waals surface area contributed by atoms with Crippen molar-refractivity contribution >= 4 is 5.97 Å². The molecule has 0 bridgehead atoms. The van der Waals surface area contributed by atoms with Crippen LogP contribution in [0.15, 0.2) is 12.1 Å². The number of hydrogen-bond acceptors (Lipinski definition) is 4. The molecule has 34 heavy (non-hydrogen) atoms. The molecule has 0 aromatic heterocycles. The van der Waals surface area contributed by atoms with Crippen LogP contribution in [0.4, 0.5) is 0 Å². The highest BCUT2D eigenvalue weighted by molar-refractivity contribution is 5.74. The fourth-order valence-corrected chi connectivity index (χ4v) is 5.19. The van der Waals surface area contributed by atoms with Crippen LogP contribution in [0.3, 0.4) is 0 Å². The van der Waals surface area contributed by atoms with Crippen molar-refractivity contribution in [3.05, 3.63) is 23.3 Å². The van der Waals surface area contributed by atoms with Gasteiger partial charge in [-0.1, -0.05) is 72.6 Å². The van der Waals surface area contributed by atoms with E-state index in [2.05, 4.69) is 39.9 Å². The number of hydrogen-bond donors (Lipinski definition) is 1. The van der Waals surface area contributed by atoms with Gasteiger partial charge in [-0.25, -0.2) is 0 Å². The first-order valence-corrected chi connectivity index (χ1v) is 13.8. The number of esters is 1. The third-order valence-corrected chi connectivity index (χ3v) is 7.42. The van der Waals surface area contributed by atoms with E-state index in [9.17, 15) is 4.79 Å². The average Bonchev–Trinajstić information content (AvgIpc) is 2.74. The SMILES string of the molecule is CNCC(=O)Oc1cc(C)c2c(c1)CCC(C)(CCCC(C)CCCC(C)CCCC(C)C)O2. The molecule has 194 valence electrons. The fourth-order valence-electron chi connectivity index (χ4n) is 5.19. The Bertz CT molecular complexity index is 760. The van der Waals surface area contributed by atoms with Crippen LogP contribution in [-0.2, 0) is 11.2 Å². The standard InChI is InChI=1S/C30H51NO3/c1-22(2)11-8-12-23(3)13-9-14-24(4)15-10-17-30(6)18-16-26-20-27(33-28(32)21-31-7)19-25(5)29(26)34-30/h19-20,22-24,31H,8-18,21H2,1-7H3. The molecule has 0 fully saturated rings. The second kappa shape index (κ2) is 14.1. The number of carbonyl (C=O) groups excluding carboxylic acids is 1. The van der Waals surface area contributed by atoms with Crippen LogP contribution < -0.4 is 14.8 Å². The predicted molar refractivity (Wildman–Crippen MR) is 143 cm³/mol. The quantitative estimate of drug-likeness (QED) is 0.210. The molecule has 1 heterocycles. The lowest BCUT2D eigenvalue weighted by Crippen LogP contribution is -2.36. The van der Waals surface area contributed by atoms with Gasteiger partial charge in [-0.3, -0.25) is 4.79 Å². The van der Waals surface area contributed by atoms with Crippen LogP contribution in [0.1, 0.15) is 110 Å². The Balaban J connectivity index is 1.73. The molecule has 1 aliphatic heterocycles. The van der Waals surface area contributed by atoms with Crippen LogP contribution in [0.25, 0.3) is 0 Å². The summed E-state index contributed by atoms with van der Waals surface area (Å²) in [6, 6.07) is 3.89. The van der Waals surface area contributed by atoms with Crippen LogP contribution >= 0.6 is 0 Å². The van der Waals surface area contributed by atoms with Crippen molar-refractivity contribution in [2.45, 2.75) is 118 Å². The summed E-state index contributed by atoms with van der Waals surface area (Å²) in [6.07, 6.45) is 13.8. The lowest BCUT2D eigenvalue weighted by Gasteiger charge is -2.37. The molecule has 3 atom stereocenters. The molecule has 1 aromatic rings. The van der Waals surface area contributed by atoms with E-state index in [1.165, 1.54) is 51.4 Å². The number of nitrogens with one attached hydrogen (secondary N) is 1. The first kappa shape index (κ1) is 28.7. The Morgan fingerprint density at radius 2 is 1.65 bits per heavy atom. The molecule has 1 N–H and O–H groups in total. The summed E-state index contributed by atoms with van der Waals surface area (Å²) in [5, 5.41) is 2.83. The number of ether oxygens (including phenoxy) is 2. The third-order valence-electron chi connectivity index (χ3n) is 7.42. The van der Waals surface area contributed by atoms with E-state index in [1.54, 1.807) is 7.05 Å². The van der Waals surface area contributed by atoms with Gasteiger partial charge in [0, 0.05) is 0 Å². The summed E-state index contributed by atoms with van der Waals surface area (Å²) in [5.74, 6) is 3.84. The molecule has 4 heteroatoms. The third kappa shape index (κ3) is 9.98. The van der Waals surface area contributed by atoms with Crippen LogP contribution in [0, 0.1) is 24.7 Å². The van der Waals surface area contributed by atoms with E-state index < -0.39 is 0 Å². The first-order chi connectivity index (χ1) is 16.1. The maximum atomic E-state index is 11.8. The zero-order valence-corrected chi connectivity index (χ0v) is 23.1. The second-order valence-corrected chi connectivity index (χ2v) is 11.6. The summed E-state index contributed by atoms with van der Waals surface area (Å²) in [7, 11) is 1.74. The van der Waals surface area contributed by atoms with Gasteiger partial charge in [0.2, 0.25) is 0 Å². The number of likely N-dealkylation sites (N-methyl/N-ethyl adjacent to an activating group) is 1. The van der Waals surface area contributed by atoms with Crippen molar-refractivity contribution < 1.29 is 14.3 Å². The second-order valence-electron chi connectivity index (χ2n) is 11.6. The Morgan fingerprint density at radius 3 is 2.26 bits per heavy atom. The highest BCUT2D eigenvalue weighted by atomic mass is 16.5. The van der Waals surface area contributed by atoms with Crippen molar-refractivity contribution in [2.75, 3.05) is 13.6 Å². The zero-order chi connectivity index (χ0) is 25.1. The summed E-state index contributed by atoms with van der Waals surface area (Å²) < 4.78 is 12.0. The van der Waals surface area contributed by atoms with Gasteiger partial charge in [-0.15, -0.1) is 0 Å². The molecular weight excluding hydrogens is 422 g/mol. The molecule has 0 saturated carbocycles. The Kier molecular flexibility index (Phi) is 11.9. The summed E-state index contributed by atoms with van der Waals surface area (Å²) in [6.45, 7) is 14.0. The first-order valence-electron chi connectivity index (χ1n) is 13.8. The Labute approximate surface area is 209 Å². The highest BCUT2D eigenvalue weighted by Crippen LogP contribution is 2.40. The topological polar surface area (TPSA) is 47.6 Å². The zero-order valence-electron chi connectivity index (χ0n) is 23.1. The van der Waals surface area contributed by atoms with E-state index in [1.807, 2.05) is 19.1 Å². The molecule has 2 rings (SSSR count). The lowest BCUT2D eigenvalue weighted by atomic mass is 9.85. The summed E-state index contributed by atoms with van der Waals surface area (Å²) in [5.41, 5.74) is 2.10. The maximum absolute atomic E-state index is 11.8. The van der Waals surface area contributed by atoms with Gasteiger partial charge in [-0.2, -0.15) is 0 Å². The van der Waals surface area contributed by atoms with E-state index in [4.69, 9.17) is 9.47 Å². The van der Waals surface area contributed by atoms with Crippen molar-refractivity contribution in [3.8, 4) is 11.5 Å². The molecule has 0 amide bonds. The molecule has 1 aliphatic rings. The summed E-state index contributed by atoms with van der Waals surface area (Å²) in [4.78, 5) is 11.8. The number of benzene rings is 1. The number of aryl methyl sites for hydroxylation is 2. The Morgan fingerprint density at radius 1 is 1.03 bits per heavy atom. The van der Waals surface area contributed by atoms with E-state index in [0.29, 0.717) is 5.75 Å². The predicted octanol–water partition coefficient (Wildman–Crippen LogP) is 7.64. The minimum absolute atomic E-state index is 0.104. The maximum Gasteiger partial charge on any atom is 0.325 e. The van der Waals surface area contributed by atoms with Crippen LogP contribution in [0.5, 0.6) is 11.5 Å². The minimum Gasteiger partial charge on any atom is -0.487 e. The van der Waals surface area contributed by atoms with Crippen molar-refractivity contribution in [1.29, 1.82) is 0 Å². The van der Waals surface area contributed by atoms with Gasteiger partial charge in [0.05, 0.1) is 6.54 Å². The minimum atomic E-state index is -0.266. The lowest BCUT2D eigenvalue weighted by molar-refractivity contribution is -0.133. The van der Waals surface area contributed by atoms with Gasteiger partial charge in [0.15, 0.2) is 0 Å².